The second kappa shape index (κ2) is 16.7. The average Bonchev–Trinajstić information content (AvgIpc) is 4.02. The summed E-state index contributed by atoms with van der Waals surface area (Å²) in [6.07, 6.45) is 13.6. The van der Waals surface area contributed by atoms with Gasteiger partial charge in [-0.1, -0.05) is 142 Å². The quantitative estimate of drug-likeness (QED) is 0.106. The van der Waals surface area contributed by atoms with Crippen LogP contribution in [0.25, 0.3) is 56.1 Å². The summed E-state index contributed by atoms with van der Waals surface area (Å²) in [6.45, 7) is 29.2. The molecule has 9 rings (SSSR count). The molecule has 8 aromatic rings. The number of benzene rings is 5. The maximum Gasteiger partial charge on any atom is 0.294 e. The van der Waals surface area contributed by atoms with Crippen molar-refractivity contribution < 1.29 is 13.6 Å². The first-order chi connectivity index (χ1) is 30.8. The molecule has 0 N–H and O–H groups in total. The summed E-state index contributed by atoms with van der Waals surface area (Å²) in [6, 6.07) is 36.2. The van der Waals surface area contributed by atoms with Crippen LogP contribution in [-0.4, -0.2) is 9.13 Å². The molecule has 0 bridgehead atoms. The first-order valence-electron chi connectivity index (χ1n) is 24.3. The first-order valence-corrected chi connectivity index (χ1v) is 24.3. The number of aryl methyl sites for hydroxylation is 2. The van der Waals surface area contributed by atoms with E-state index >= 15 is 0 Å². The molecule has 4 heterocycles. The highest BCUT2D eigenvalue weighted by atomic mass is 16.3. The molecule has 2 unspecified atom stereocenters. The van der Waals surface area contributed by atoms with Crippen molar-refractivity contribution in [1.29, 1.82) is 0 Å². The average molecular weight is 851 g/mol. The first kappa shape index (κ1) is 43.6. The highest BCUT2D eigenvalue weighted by molar-refractivity contribution is 6.07. The minimum Gasteiger partial charge on any atom is -0.456 e. The Hall–Kier alpha value is -5.68. The SMILES string of the molecule is CCC1(CCC[n+]2ccn(-c3c(C(C)C)cccc3C(C)C)c2-c2ccccc2C)c2ccccc2-c2n(-c3c(C(C)C)cc4c(oc5ccccc54)c3C(C)C)cc[n+]2C1(C)CC. The van der Waals surface area contributed by atoms with Crippen molar-refractivity contribution in [2.75, 3.05) is 0 Å². The van der Waals surface area contributed by atoms with Crippen molar-refractivity contribution in [3.63, 3.8) is 0 Å². The Kier molecular flexibility index (Phi) is 11.4. The largest absolute Gasteiger partial charge is 0.456 e. The summed E-state index contributed by atoms with van der Waals surface area (Å²) in [7, 11) is 0. The van der Waals surface area contributed by atoms with Crippen molar-refractivity contribution in [3.8, 4) is 34.2 Å². The zero-order valence-corrected chi connectivity index (χ0v) is 40.6. The van der Waals surface area contributed by atoms with E-state index < -0.39 is 0 Å². The zero-order valence-electron chi connectivity index (χ0n) is 40.6. The molecule has 0 saturated carbocycles. The second-order valence-corrected chi connectivity index (χ2v) is 20.2. The van der Waals surface area contributed by atoms with Crippen LogP contribution in [0.2, 0.25) is 0 Å². The number of hydrogen-bond acceptors (Lipinski definition) is 1. The molecule has 5 nitrogen and oxygen atoms in total. The molecular formula is C59H70N4O+2. The summed E-state index contributed by atoms with van der Waals surface area (Å²) >= 11 is 0. The van der Waals surface area contributed by atoms with E-state index in [4.69, 9.17) is 4.42 Å². The van der Waals surface area contributed by atoms with Crippen LogP contribution in [0.1, 0.15) is 159 Å². The predicted octanol–water partition coefficient (Wildman–Crippen LogP) is 15.1. The van der Waals surface area contributed by atoms with Gasteiger partial charge in [0, 0.05) is 38.4 Å². The van der Waals surface area contributed by atoms with E-state index in [0.717, 1.165) is 43.4 Å². The maximum absolute atomic E-state index is 6.80. The predicted molar refractivity (Wildman–Crippen MR) is 266 cm³/mol. The molecule has 0 fully saturated rings. The van der Waals surface area contributed by atoms with Gasteiger partial charge in [-0.25, -0.2) is 9.13 Å². The van der Waals surface area contributed by atoms with Crippen LogP contribution in [0.3, 0.4) is 0 Å². The number of furan rings is 1. The molecule has 5 aromatic carbocycles. The fourth-order valence-electron chi connectivity index (χ4n) is 11.9. The highest BCUT2D eigenvalue weighted by Crippen LogP contribution is 2.53. The number of fused-ring (bicyclic) bond motifs is 6. The van der Waals surface area contributed by atoms with Gasteiger partial charge in [-0.3, -0.25) is 0 Å². The van der Waals surface area contributed by atoms with E-state index in [9.17, 15) is 0 Å². The second-order valence-electron chi connectivity index (χ2n) is 20.2. The molecule has 1 aliphatic heterocycles. The van der Waals surface area contributed by atoms with Crippen LogP contribution in [-0.2, 0) is 17.5 Å². The number of nitrogens with zero attached hydrogens (tertiary/aromatic N) is 4. The van der Waals surface area contributed by atoms with Crippen molar-refractivity contribution >= 4 is 21.9 Å². The van der Waals surface area contributed by atoms with Crippen LogP contribution in [0.15, 0.2) is 126 Å². The van der Waals surface area contributed by atoms with Gasteiger partial charge < -0.3 is 4.42 Å². The van der Waals surface area contributed by atoms with Gasteiger partial charge in [-0.15, -0.1) is 0 Å². The van der Waals surface area contributed by atoms with Gasteiger partial charge in [0.1, 0.15) is 52.9 Å². The van der Waals surface area contributed by atoms with E-state index in [1.807, 2.05) is 0 Å². The minimum absolute atomic E-state index is 0.104. The lowest BCUT2D eigenvalue weighted by molar-refractivity contribution is -0.765. The van der Waals surface area contributed by atoms with E-state index in [1.54, 1.807) is 0 Å². The molecule has 3 aromatic heterocycles. The van der Waals surface area contributed by atoms with Gasteiger partial charge in [0.2, 0.25) is 0 Å². The molecule has 64 heavy (non-hydrogen) atoms. The molecule has 0 amide bonds. The third kappa shape index (κ3) is 6.62. The molecule has 0 saturated heterocycles. The van der Waals surface area contributed by atoms with Crippen molar-refractivity contribution in [1.82, 2.24) is 9.13 Å². The number of rotatable bonds is 13. The molecule has 0 spiro atoms. The standard InChI is InChI=1S/C59H70N4O/c1-13-58(12)59(14-2,31-22-32-60-33-34-61(56(60)45-24-16-15-23-42(45)11)53-43(38(3)4)27-21-28-44(53)39(5)6)50-29-19-17-26-47(50)57-62(35-36-63(57)58)54-48(40(7)8)37-49-46-25-18-20-30-51(46)64-55(49)52(54)41(9)10/h15-21,23-30,33-41H,13-14,22,31-32H2,1-12H3/q+2. The van der Waals surface area contributed by atoms with Crippen LogP contribution in [0, 0.1) is 6.92 Å². The van der Waals surface area contributed by atoms with Gasteiger partial charge in [-0.2, -0.15) is 9.13 Å². The van der Waals surface area contributed by atoms with Crippen LogP contribution in [0.5, 0.6) is 0 Å². The Bertz CT molecular complexity index is 2980. The summed E-state index contributed by atoms with van der Waals surface area (Å²) in [5.41, 5.74) is 15.1. The van der Waals surface area contributed by atoms with Crippen LogP contribution < -0.4 is 9.13 Å². The molecule has 5 heteroatoms. The van der Waals surface area contributed by atoms with Crippen molar-refractivity contribution in [2.24, 2.45) is 0 Å². The molecule has 1 aliphatic rings. The molecule has 2 atom stereocenters. The van der Waals surface area contributed by atoms with E-state index in [0.29, 0.717) is 17.8 Å². The number of aromatic nitrogens is 4. The van der Waals surface area contributed by atoms with Gasteiger partial charge in [0.15, 0.2) is 0 Å². The lowest BCUT2D eigenvalue weighted by atomic mass is 9.58. The molecule has 0 aliphatic carbocycles. The number of imidazole rings is 2. The Balaban J connectivity index is 1.18. The van der Waals surface area contributed by atoms with Crippen LogP contribution >= 0.6 is 0 Å². The van der Waals surface area contributed by atoms with Crippen molar-refractivity contribution in [2.45, 2.75) is 150 Å². The highest BCUT2D eigenvalue weighted by Gasteiger charge is 2.57. The van der Waals surface area contributed by atoms with E-state index in [-0.39, 0.29) is 16.9 Å². The molecule has 0 radical (unpaired) electrons. The minimum atomic E-state index is -0.187. The van der Waals surface area contributed by atoms with Crippen molar-refractivity contribution in [3.05, 3.63) is 155 Å². The smallest absolute Gasteiger partial charge is 0.294 e. The monoisotopic (exact) mass is 851 g/mol. The van der Waals surface area contributed by atoms with Gasteiger partial charge >= 0.3 is 0 Å². The lowest BCUT2D eigenvalue weighted by Gasteiger charge is -2.50. The summed E-state index contributed by atoms with van der Waals surface area (Å²) in [5, 5.41) is 2.40. The number of para-hydroxylation sites is 2. The van der Waals surface area contributed by atoms with Gasteiger partial charge in [0.05, 0.1) is 17.7 Å². The Morgan fingerprint density at radius 3 is 1.89 bits per heavy atom. The van der Waals surface area contributed by atoms with E-state index in [1.165, 1.54) is 78.3 Å². The third-order valence-corrected chi connectivity index (χ3v) is 15.4. The Morgan fingerprint density at radius 2 is 1.23 bits per heavy atom. The fourth-order valence-corrected chi connectivity index (χ4v) is 11.9. The normalized spacial score (nSPS) is 17.4. The summed E-state index contributed by atoms with van der Waals surface area (Å²) in [5.74, 6) is 3.89. The Morgan fingerprint density at radius 1 is 0.609 bits per heavy atom. The summed E-state index contributed by atoms with van der Waals surface area (Å²) in [4.78, 5) is 0. The maximum atomic E-state index is 6.80. The zero-order chi connectivity index (χ0) is 45.2. The lowest BCUT2D eigenvalue weighted by Crippen LogP contribution is -2.68. The molecule has 330 valence electrons. The number of hydrogen-bond donors (Lipinski definition) is 0. The van der Waals surface area contributed by atoms with Crippen LogP contribution in [0.4, 0.5) is 0 Å². The topological polar surface area (TPSA) is 30.8 Å². The van der Waals surface area contributed by atoms with Gasteiger partial charge in [-0.05, 0) is 98.6 Å². The fraction of sp³-hybridized carbons (Fsp3) is 0.390. The molecular weight excluding hydrogens is 781 g/mol. The van der Waals surface area contributed by atoms with E-state index in [2.05, 4.69) is 223 Å². The third-order valence-electron chi connectivity index (χ3n) is 15.4. The Labute approximate surface area is 382 Å². The van der Waals surface area contributed by atoms with Gasteiger partial charge in [0.25, 0.3) is 11.6 Å². The summed E-state index contributed by atoms with van der Waals surface area (Å²) < 4.78 is 17.1.